The number of nitrogens with one attached hydrogen (secondary N) is 1. The fourth-order valence-electron chi connectivity index (χ4n) is 4.84. The molecule has 0 radical (unpaired) electrons. The molecular weight excluding hydrogens is 466 g/mol. The number of hydrazine groups is 1. The fraction of sp³-hybridized carbons (Fsp3) is 0.533. The lowest BCUT2D eigenvalue weighted by molar-refractivity contribution is 0.0361. The molecule has 7 heteroatoms. The predicted octanol–water partition coefficient (Wildman–Crippen LogP) is 6.54. The van der Waals surface area contributed by atoms with Crippen molar-refractivity contribution in [1.82, 2.24) is 15.3 Å². The quantitative estimate of drug-likeness (QED) is 0.329. The molecule has 2 aromatic rings. The zero-order valence-electron chi connectivity index (χ0n) is 22.4. The molecule has 2 aromatic carbocycles. The normalized spacial score (nSPS) is 14.7. The lowest BCUT2D eigenvalue weighted by Gasteiger charge is -2.34. The first-order valence-electron chi connectivity index (χ1n) is 13.8. The Bertz CT molecular complexity index is 919. The summed E-state index contributed by atoms with van der Waals surface area (Å²) >= 11 is 0. The summed E-state index contributed by atoms with van der Waals surface area (Å²) in [6.07, 6.45) is 7.25. The predicted molar refractivity (Wildman–Crippen MR) is 146 cm³/mol. The molecule has 0 heterocycles. The van der Waals surface area contributed by atoms with Crippen molar-refractivity contribution in [3.05, 3.63) is 71.8 Å². The molecule has 1 atom stereocenters. The Hall–Kier alpha value is -3.06. The molecule has 0 aliphatic heterocycles. The van der Waals surface area contributed by atoms with Crippen LogP contribution in [0.4, 0.5) is 9.59 Å². The number of likely N-dealkylation sites (N-methyl/N-ethyl adjacent to an activating group) is 1. The lowest BCUT2D eigenvalue weighted by atomic mass is 9.87. The fourth-order valence-corrected chi connectivity index (χ4v) is 4.84. The van der Waals surface area contributed by atoms with Gasteiger partial charge < -0.3 is 14.4 Å². The highest BCUT2D eigenvalue weighted by atomic mass is 16.6. The third kappa shape index (κ3) is 10.1. The monoisotopic (exact) mass is 509 g/mol. The first-order valence-corrected chi connectivity index (χ1v) is 13.8. The standard InChI is InChI=1S/C30H43N3O4/c1-3-28(22-32(4-2)21-20-25-14-8-5-9-15-25)33(30(35)37-24-27-18-12-7-13-19-27)31-29(34)36-23-26-16-10-6-11-17-26/h6-7,10-13,16-19,25,28H,3-5,8-9,14-15,20-24H2,1-2H3,(H,31,34). The van der Waals surface area contributed by atoms with E-state index in [4.69, 9.17) is 9.47 Å². The van der Waals surface area contributed by atoms with Crippen LogP contribution in [0.5, 0.6) is 0 Å². The molecule has 1 aliphatic rings. The molecule has 1 N–H and O–H groups in total. The molecule has 0 bridgehead atoms. The van der Waals surface area contributed by atoms with Gasteiger partial charge in [0.2, 0.25) is 0 Å². The number of carbonyl (C=O) groups is 2. The molecule has 37 heavy (non-hydrogen) atoms. The van der Waals surface area contributed by atoms with E-state index in [0.29, 0.717) is 13.0 Å². The maximum Gasteiger partial charge on any atom is 0.429 e. The van der Waals surface area contributed by atoms with Crippen molar-refractivity contribution in [3.8, 4) is 0 Å². The van der Waals surface area contributed by atoms with E-state index in [-0.39, 0.29) is 19.3 Å². The van der Waals surface area contributed by atoms with Gasteiger partial charge in [0.1, 0.15) is 13.2 Å². The number of nitrogens with zero attached hydrogens (tertiary/aromatic N) is 2. The summed E-state index contributed by atoms with van der Waals surface area (Å²) < 4.78 is 11.0. The second-order valence-electron chi connectivity index (χ2n) is 9.83. The molecule has 1 unspecified atom stereocenters. The van der Waals surface area contributed by atoms with E-state index in [1.54, 1.807) is 0 Å². The molecule has 0 aromatic heterocycles. The van der Waals surface area contributed by atoms with Gasteiger partial charge in [0, 0.05) is 6.54 Å². The van der Waals surface area contributed by atoms with Gasteiger partial charge in [0.25, 0.3) is 0 Å². The Balaban J connectivity index is 1.63. The lowest BCUT2D eigenvalue weighted by Crippen LogP contribution is -2.55. The Morgan fingerprint density at radius 1 is 0.892 bits per heavy atom. The summed E-state index contributed by atoms with van der Waals surface area (Å²) in [6, 6.07) is 18.8. The van der Waals surface area contributed by atoms with Gasteiger partial charge in [-0.05, 0) is 43.0 Å². The van der Waals surface area contributed by atoms with E-state index < -0.39 is 12.2 Å². The molecule has 0 spiro atoms. The van der Waals surface area contributed by atoms with Gasteiger partial charge in [-0.2, -0.15) is 0 Å². The van der Waals surface area contributed by atoms with Crippen molar-refractivity contribution >= 4 is 12.2 Å². The number of hydrogen-bond acceptors (Lipinski definition) is 5. The Morgan fingerprint density at radius 3 is 2.05 bits per heavy atom. The molecule has 1 saturated carbocycles. The molecule has 2 amide bonds. The van der Waals surface area contributed by atoms with Crippen LogP contribution in [0.3, 0.4) is 0 Å². The minimum atomic E-state index is -0.677. The number of hydrogen-bond donors (Lipinski definition) is 1. The molecule has 202 valence electrons. The summed E-state index contributed by atoms with van der Waals surface area (Å²) in [5.74, 6) is 0.793. The SMILES string of the molecule is CCC(CN(CC)CCC1CCCCC1)N(NC(=O)OCc1ccccc1)C(=O)OCc1ccccc1. The van der Waals surface area contributed by atoms with Gasteiger partial charge in [-0.1, -0.05) is 107 Å². The Morgan fingerprint density at radius 2 is 1.49 bits per heavy atom. The van der Waals surface area contributed by atoms with E-state index >= 15 is 0 Å². The third-order valence-corrected chi connectivity index (χ3v) is 7.16. The van der Waals surface area contributed by atoms with E-state index in [1.807, 2.05) is 67.6 Å². The van der Waals surface area contributed by atoms with Crippen molar-refractivity contribution in [2.75, 3.05) is 19.6 Å². The van der Waals surface area contributed by atoms with Gasteiger partial charge >= 0.3 is 12.2 Å². The highest BCUT2D eigenvalue weighted by Gasteiger charge is 2.28. The van der Waals surface area contributed by atoms with E-state index in [2.05, 4.69) is 17.2 Å². The average molecular weight is 510 g/mol. The van der Waals surface area contributed by atoms with Gasteiger partial charge in [-0.25, -0.2) is 20.0 Å². The van der Waals surface area contributed by atoms with Crippen LogP contribution < -0.4 is 5.43 Å². The van der Waals surface area contributed by atoms with Crippen LogP contribution in [0.2, 0.25) is 0 Å². The van der Waals surface area contributed by atoms with E-state index in [0.717, 1.165) is 30.1 Å². The summed E-state index contributed by atoms with van der Waals surface area (Å²) in [6.45, 7) is 6.95. The van der Waals surface area contributed by atoms with Crippen LogP contribution in [0.15, 0.2) is 60.7 Å². The van der Waals surface area contributed by atoms with Crippen LogP contribution >= 0.6 is 0 Å². The van der Waals surface area contributed by atoms with Crippen LogP contribution in [-0.4, -0.2) is 47.8 Å². The van der Waals surface area contributed by atoms with Crippen molar-refractivity contribution in [1.29, 1.82) is 0 Å². The van der Waals surface area contributed by atoms with Crippen LogP contribution in [-0.2, 0) is 22.7 Å². The summed E-state index contributed by atoms with van der Waals surface area (Å²) in [5, 5.41) is 1.32. The molecule has 0 saturated heterocycles. The van der Waals surface area contributed by atoms with Crippen LogP contribution in [0.1, 0.15) is 69.9 Å². The maximum atomic E-state index is 13.2. The second kappa shape index (κ2) is 15.9. The highest BCUT2D eigenvalue weighted by molar-refractivity contribution is 5.74. The minimum Gasteiger partial charge on any atom is -0.443 e. The van der Waals surface area contributed by atoms with Crippen molar-refractivity contribution in [2.24, 2.45) is 5.92 Å². The highest BCUT2D eigenvalue weighted by Crippen LogP contribution is 2.26. The van der Waals surface area contributed by atoms with E-state index in [1.165, 1.54) is 43.5 Å². The topological polar surface area (TPSA) is 71.1 Å². The van der Waals surface area contributed by atoms with Crippen LogP contribution in [0.25, 0.3) is 0 Å². The summed E-state index contributed by atoms with van der Waals surface area (Å²) in [5.41, 5.74) is 4.44. The van der Waals surface area contributed by atoms with Gasteiger partial charge in [0.15, 0.2) is 0 Å². The second-order valence-corrected chi connectivity index (χ2v) is 9.83. The number of amides is 2. The summed E-state index contributed by atoms with van der Waals surface area (Å²) in [7, 11) is 0. The van der Waals surface area contributed by atoms with Crippen molar-refractivity contribution < 1.29 is 19.1 Å². The number of benzene rings is 2. The maximum absolute atomic E-state index is 13.2. The largest absolute Gasteiger partial charge is 0.443 e. The molecule has 1 aliphatic carbocycles. The first-order chi connectivity index (χ1) is 18.1. The molecular formula is C30H43N3O4. The zero-order chi connectivity index (χ0) is 26.3. The van der Waals surface area contributed by atoms with Crippen LogP contribution in [0, 0.1) is 5.92 Å². The number of rotatable bonds is 12. The Labute approximate surface area is 222 Å². The van der Waals surface area contributed by atoms with Gasteiger partial charge in [0.05, 0.1) is 6.04 Å². The Kier molecular flexibility index (Phi) is 12.3. The van der Waals surface area contributed by atoms with Gasteiger partial charge in [-0.15, -0.1) is 0 Å². The first kappa shape index (κ1) is 28.5. The molecule has 3 rings (SSSR count). The van der Waals surface area contributed by atoms with Crippen molar-refractivity contribution in [3.63, 3.8) is 0 Å². The third-order valence-electron chi connectivity index (χ3n) is 7.16. The zero-order valence-corrected chi connectivity index (χ0v) is 22.4. The number of carbonyl (C=O) groups excluding carboxylic acids is 2. The summed E-state index contributed by atoms with van der Waals surface area (Å²) in [4.78, 5) is 28.3. The molecule has 1 fully saturated rings. The van der Waals surface area contributed by atoms with Crippen molar-refractivity contribution in [2.45, 2.75) is 78.0 Å². The number of ether oxygens (including phenoxy) is 2. The van der Waals surface area contributed by atoms with Gasteiger partial charge in [-0.3, -0.25) is 0 Å². The molecule has 7 nitrogen and oxygen atoms in total. The minimum absolute atomic E-state index is 0.124. The average Bonchev–Trinajstić information content (AvgIpc) is 2.95. The van der Waals surface area contributed by atoms with E-state index in [9.17, 15) is 9.59 Å². The smallest absolute Gasteiger partial charge is 0.429 e.